The van der Waals surface area contributed by atoms with Gasteiger partial charge in [-0.1, -0.05) is 41.6 Å². The van der Waals surface area contributed by atoms with Crippen LogP contribution in [0.3, 0.4) is 0 Å². The molecule has 62 heavy (non-hydrogen) atoms. The van der Waals surface area contributed by atoms with Crippen LogP contribution < -0.4 is 37.2 Å². The molecule has 3 aliphatic heterocycles. The van der Waals surface area contributed by atoms with E-state index < -0.39 is 17.9 Å². The van der Waals surface area contributed by atoms with Crippen molar-refractivity contribution >= 4 is 70.1 Å². The van der Waals surface area contributed by atoms with Gasteiger partial charge in [0.2, 0.25) is 17.8 Å². The summed E-state index contributed by atoms with van der Waals surface area (Å²) in [6, 6.07) is 20.1. The van der Waals surface area contributed by atoms with Crippen LogP contribution in [-0.2, 0) is 16.1 Å². The molecule has 1 saturated carbocycles. The van der Waals surface area contributed by atoms with Crippen LogP contribution in [0.5, 0.6) is 0 Å². The Bertz CT molecular complexity index is 2420. The van der Waals surface area contributed by atoms with Crippen molar-refractivity contribution in [2.45, 2.75) is 69.6 Å². The lowest BCUT2D eigenvalue weighted by Crippen LogP contribution is -2.54. The number of para-hydroxylation sites is 1. The quantitative estimate of drug-likeness (QED) is 0.0696. The summed E-state index contributed by atoms with van der Waals surface area (Å²) in [5, 5.41) is 15.8. The van der Waals surface area contributed by atoms with E-state index in [1.165, 1.54) is 6.20 Å². The molecule has 4 aliphatic rings. The molecule has 320 valence electrons. The highest BCUT2D eigenvalue weighted by Gasteiger charge is 2.39. The van der Waals surface area contributed by atoms with Gasteiger partial charge in [0, 0.05) is 86.7 Å². The summed E-state index contributed by atoms with van der Waals surface area (Å²) in [5.74, 6) is 5.64. The SMILES string of the molecule is NC(=O)c1ccccc1Nc1nc(Nc2ccc(N3CCN(C(=O)N[C@H]4CC[C@@H](NCCC#Cc5cccc6c5CN(C5CCC(=O)NC5=O)C6=O)CC4)CC3)cc2)ncc1Cl. The molecule has 7 N–H and O–H groups in total. The van der Waals surface area contributed by atoms with Crippen molar-refractivity contribution in [3.8, 4) is 11.8 Å². The van der Waals surface area contributed by atoms with E-state index in [0.29, 0.717) is 80.2 Å². The van der Waals surface area contributed by atoms with Gasteiger partial charge in [0.05, 0.1) is 17.4 Å². The molecule has 3 aromatic carbocycles. The summed E-state index contributed by atoms with van der Waals surface area (Å²) >= 11 is 6.35. The van der Waals surface area contributed by atoms with Gasteiger partial charge in [0.25, 0.3) is 11.8 Å². The summed E-state index contributed by atoms with van der Waals surface area (Å²) in [6.45, 7) is 3.72. The minimum Gasteiger partial charge on any atom is -0.368 e. The zero-order valence-corrected chi connectivity index (χ0v) is 34.8. The molecule has 0 spiro atoms. The monoisotopic (exact) mass is 857 g/mol. The van der Waals surface area contributed by atoms with Gasteiger partial charge in [-0.05, 0) is 86.2 Å². The van der Waals surface area contributed by atoms with Crippen LogP contribution in [-0.4, -0.2) is 100 Å². The summed E-state index contributed by atoms with van der Waals surface area (Å²) in [7, 11) is 0. The molecule has 6 amide bonds. The van der Waals surface area contributed by atoms with Crippen molar-refractivity contribution in [2.24, 2.45) is 5.73 Å². The Morgan fingerprint density at radius 3 is 2.40 bits per heavy atom. The first-order valence-electron chi connectivity index (χ1n) is 20.9. The maximum atomic E-state index is 13.2. The Balaban J connectivity index is 0.736. The number of imide groups is 1. The van der Waals surface area contributed by atoms with Crippen LogP contribution in [0.1, 0.15) is 76.8 Å². The standard InChI is InChI=1S/C45H48ClN11O5/c46-36-26-49-44(54-41(36)52-37-10-2-1-8-34(37)40(47)59)50-30-15-17-32(18-16-30)55-22-24-56(25-23-55)45(62)51-31-13-11-29(12-14-31)48-21-4-3-6-28-7-5-9-33-35(28)27-57(43(33)61)38-19-20-39(58)53-42(38)60/h1-2,5,7-10,15-18,26,29,31,38,48H,4,11-14,19-25,27H2,(H2,47,59)(H,51,62)(H,53,58,60)(H2,49,50,52,54)/t29-,31+,38?. The van der Waals surface area contributed by atoms with Gasteiger partial charge in [-0.15, -0.1) is 0 Å². The molecule has 1 aliphatic carbocycles. The van der Waals surface area contributed by atoms with Crippen LogP contribution in [0.25, 0.3) is 0 Å². The van der Waals surface area contributed by atoms with Gasteiger partial charge in [-0.3, -0.25) is 24.5 Å². The predicted octanol–water partition coefficient (Wildman–Crippen LogP) is 4.65. The fraction of sp³-hybridized carbons (Fsp3) is 0.356. The summed E-state index contributed by atoms with van der Waals surface area (Å²) in [6.07, 6.45) is 6.42. The molecule has 1 aromatic heterocycles. The Labute approximate surface area is 364 Å². The molecule has 0 bridgehead atoms. The normalized spacial score (nSPS) is 19.9. The van der Waals surface area contributed by atoms with Crippen LogP contribution in [0, 0.1) is 11.8 Å². The second-order valence-electron chi connectivity index (χ2n) is 15.8. The van der Waals surface area contributed by atoms with Crippen molar-refractivity contribution in [3.05, 3.63) is 100 Å². The number of carbonyl (C=O) groups is 5. The molecule has 0 radical (unpaired) electrons. The average Bonchev–Trinajstić information content (AvgIpc) is 3.61. The van der Waals surface area contributed by atoms with E-state index in [0.717, 1.165) is 54.7 Å². The van der Waals surface area contributed by atoms with E-state index in [1.807, 2.05) is 41.3 Å². The lowest BCUT2D eigenvalue weighted by atomic mass is 9.91. The molecular formula is C45H48ClN11O5. The molecule has 3 fully saturated rings. The number of hydrogen-bond acceptors (Lipinski definition) is 11. The van der Waals surface area contributed by atoms with Crippen LogP contribution in [0.15, 0.2) is 72.9 Å². The first-order valence-corrected chi connectivity index (χ1v) is 21.3. The third kappa shape index (κ3) is 9.75. The minimum absolute atomic E-state index is 0.0138. The number of aromatic nitrogens is 2. The highest BCUT2D eigenvalue weighted by atomic mass is 35.5. The van der Waals surface area contributed by atoms with Crippen LogP contribution >= 0.6 is 11.6 Å². The number of nitrogens with one attached hydrogen (secondary N) is 5. The fourth-order valence-corrected chi connectivity index (χ4v) is 8.55. The molecular weight excluding hydrogens is 810 g/mol. The number of piperidine rings is 1. The first kappa shape index (κ1) is 42.0. The molecule has 1 unspecified atom stereocenters. The number of amides is 6. The maximum absolute atomic E-state index is 13.2. The van der Waals surface area contributed by atoms with Crippen molar-refractivity contribution in [1.82, 2.24) is 35.7 Å². The summed E-state index contributed by atoms with van der Waals surface area (Å²) < 4.78 is 0. The predicted molar refractivity (Wildman–Crippen MR) is 235 cm³/mol. The number of piperazine rings is 1. The van der Waals surface area contributed by atoms with Crippen molar-refractivity contribution in [2.75, 3.05) is 48.3 Å². The number of rotatable bonds is 11. The van der Waals surface area contributed by atoms with Crippen molar-refractivity contribution in [1.29, 1.82) is 0 Å². The number of carbonyl (C=O) groups excluding carboxylic acids is 5. The largest absolute Gasteiger partial charge is 0.368 e. The number of benzene rings is 3. The smallest absolute Gasteiger partial charge is 0.317 e. The number of urea groups is 1. The molecule has 1 atom stereocenters. The first-order chi connectivity index (χ1) is 30.1. The highest BCUT2D eigenvalue weighted by Crippen LogP contribution is 2.31. The number of nitrogens with two attached hydrogens (primary N) is 1. The second kappa shape index (κ2) is 18.9. The van der Waals surface area contributed by atoms with Crippen molar-refractivity contribution in [3.63, 3.8) is 0 Å². The van der Waals surface area contributed by atoms with E-state index >= 15 is 0 Å². The fourth-order valence-electron chi connectivity index (χ4n) is 8.41. The van der Waals surface area contributed by atoms with Gasteiger partial charge in [0.1, 0.15) is 11.1 Å². The third-order valence-electron chi connectivity index (χ3n) is 11.8. The molecule has 16 nitrogen and oxygen atoms in total. The highest BCUT2D eigenvalue weighted by molar-refractivity contribution is 6.33. The average molecular weight is 858 g/mol. The minimum atomic E-state index is -0.652. The Hall–Kier alpha value is -6.70. The number of primary amides is 1. The Morgan fingerprint density at radius 2 is 1.65 bits per heavy atom. The van der Waals surface area contributed by atoms with Gasteiger partial charge >= 0.3 is 6.03 Å². The van der Waals surface area contributed by atoms with E-state index in [2.05, 4.69) is 53.3 Å². The van der Waals surface area contributed by atoms with E-state index in [4.69, 9.17) is 17.3 Å². The number of nitrogens with zero attached hydrogens (tertiary/aromatic N) is 5. The Kier molecular flexibility index (Phi) is 12.8. The number of hydrogen-bond donors (Lipinski definition) is 6. The third-order valence-corrected chi connectivity index (χ3v) is 12.1. The summed E-state index contributed by atoms with van der Waals surface area (Å²) in [4.78, 5) is 76.8. The topological polar surface area (TPSA) is 207 Å². The second-order valence-corrected chi connectivity index (χ2v) is 16.2. The zero-order valence-electron chi connectivity index (χ0n) is 34.1. The molecule has 4 aromatic rings. The van der Waals surface area contributed by atoms with E-state index in [1.54, 1.807) is 35.2 Å². The van der Waals surface area contributed by atoms with E-state index in [9.17, 15) is 24.0 Å². The van der Waals surface area contributed by atoms with Crippen LogP contribution in [0.4, 0.5) is 33.6 Å². The molecule has 17 heteroatoms. The number of fused-ring (bicyclic) bond motifs is 1. The molecule has 8 rings (SSSR count). The van der Waals surface area contributed by atoms with Crippen molar-refractivity contribution < 1.29 is 24.0 Å². The Morgan fingerprint density at radius 1 is 0.887 bits per heavy atom. The van der Waals surface area contributed by atoms with Gasteiger partial charge in [-0.2, -0.15) is 4.98 Å². The molecule has 4 heterocycles. The van der Waals surface area contributed by atoms with Gasteiger partial charge in [0.15, 0.2) is 5.82 Å². The summed E-state index contributed by atoms with van der Waals surface area (Å²) in [5.41, 5.74) is 10.3. The van der Waals surface area contributed by atoms with Gasteiger partial charge < -0.3 is 41.7 Å². The number of halogens is 1. The lowest BCUT2D eigenvalue weighted by molar-refractivity contribution is -0.136. The molecule has 2 saturated heterocycles. The number of anilines is 5. The lowest BCUT2D eigenvalue weighted by Gasteiger charge is -2.37. The van der Waals surface area contributed by atoms with Gasteiger partial charge in [-0.25, -0.2) is 9.78 Å². The maximum Gasteiger partial charge on any atom is 0.317 e. The van der Waals surface area contributed by atoms with E-state index in [-0.39, 0.29) is 35.3 Å². The van der Waals surface area contributed by atoms with Crippen LogP contribution in [0.2, 0.25) is 5.02 Å². The zero-order chi connectivity index (χ0) is 43.2.